The molecule has 1 aliphatic rings. The molecule has 0 aliphatic carbocycles. The van der Waals surface area contributed by atoms with Gasteiger partial charge in [-0.25, -0.2) is 15.0 Å². The minimum absolute atomic E-state index is 0.405. The number of oxazole rings is 1. The van der Waals surface area contributed by atoms with Crippen LogP contribution in [0.15, 0.2) is 29.1 Å². The van der Waals surface area contributed by atoms with Gasteiger partial charge in [0.25, 0.3) is 0 Å². The summed E-state index contributed by atoms with van der Waals surface area (Å²) >= 11 is 0. The van der Waals surface area contributed by atoms with E-state index in [1.165, 1.54) is 0 Å². The Hall–Kier alpha value is -1.79. The molecule has 3 heterocycles. The van der Waals surface area contributed by atoms with Crippen LogP contribution in [-0.2, 0) is 17.7 Å². The van der Waals surface area contributed by atoms with E-state index < -0.39 is 0 Å². The van der Waals surface area contributed by atoms with Crippen molar-refractivity contribution in [3.8, 4) is 0 Å². The number of aryl methyl sites for hydroxylation is 1. The van der Waals surface area contributed by atoms with Gasteiger partial charge in [-0.15, -0.1) is 0 Å². The molecule has 1 fully saturated rings. The van der Waals surface area contributed by atoms with Gasteiger partial charge < -0.3 is 9.15 Å². The van der Waals surface area contributed by atoms with Gasteiger partial charge in [-0.1, -0.05) is 0 Å². The summed E-state index contributed by atoms with van der Waals surface area (Å²) in [7, 11) is 0. The summed E-state index contributed by atoms with van der Waals surface area (Å²) in [6, 6.07) is 1.84. The Labute approximate surface area is 124 Å². The van der Waals surface area contributed by atoms with E-state index in [-0.39, 0.29) is 0 Å². The van der Waals surface area contributed by atoms with Crippen LogP contribution in [0.2, 0.25) is 0 Å². The van der Waals surface area contributed by atoms with Crippen molar-refractivity contribution in [3.05, 3.63) is 42.1 Å². The van der Waals surface area contributed by atoms with Crippen LogP contribution >= 0.6 is 0 Å². The van der Waals surface area contributed by atoms with Crippen LogP contribution in [0.1, 0.15) is 17.4 Å². The number of hydrogen-bond acceptors (Lipinski definition) is 6. The zero-order valence-corrected chi connectivity index (χ0v) is 12.2. The molecule has 0 unspecified atom stereocenters. The van der Waals surface area contributed by atoms with E-state index >= 15 is 0 Å². The second kappa shape index (κ2) is 6.78. The van der Waals surface area contributed by atoms with Crippen LogP contribution in [0.5, 0.6) is 0 Å². The molecule has 0 saturated carbocycles. The van der Waals surface area contributed by atoms with E-state index in [1.807, 2.05) is 13.0 Å². The first kappa shape index (κ1) is 14.2. The molecule has 1 aliphatic heterocycles. The van der Waals surface area contributed by atoms with Crippen molar-refractivity contribution >= 4 is 0 Å². The molecule has 3 rings (SSSR count). The SMILES string of the molecule is Cc1nc(CN2CCOC[C@H](Cc3ncccn3)C2)co1. The summed E-state index contributed by atoms with van der Waals surface area (Å²) in [6.45, 7) is 6.05. The molecule has 0 spiro atoms. The van der Waals surface area contributed by atoms with Crippen LogP contribution in [0.25, 0.3) is 0 Å². The van der Waals surface area contributed by atoms with E-state index in [0.29, 0.717) is 11.8 Å². The molecule has 0 bridgehead atoms. The second-order valence-electron chi connectivity index (χ2n) is 5.40. The highest BCUT2D eigenvalue weighted by atomic mass is 16.5. The van der Waals surface area contributed by atoms with Gasteiger partial charge >= 0.3 is 0 Å². The average Bonchev–Trinajstić information content (AvgIpc) is 2.76. The third kappa shape index (κ3) is 4.09. The second-order valence-corrected chi connectivity index (χ2v) is 5.40. The summed E-state index contributed by atoms with van der Waals surface area (Å²) in [6.07, 6.45) is 6.15. The van der Waals surface area contributed by atoms with Gasteiger partial charge in [0.15, 0.2) is 5.89 Å². The fourth-order valence-corrected chi connectivity index (χ4v) is 2.62. The van der Waals surface area contributed by atoms with Gasteiger partial charge in [0.2, 0.25) is 0 Å². The largest absolute Gasteiger partial charge is 0.449 e. The highest BCUT2D eigenvalue weighted by molar-refractivity contribution is 4.96. The summed E-state index contributed by atoms with van der Waals surface area (Å²) in [5, 5.41) is 0. The van der Waals surface area contributed by atoms with Crippen molar-refractivity contribution < 1.29 is 9.15 Å². The maximum atomic E-state index is 5.71. The highest BCUT2D eigenvalue weighted by Crippen LogP contribution is 2.14. The molecule has 0 aromatic carbocycles. The summed E-state index contributed by atoms with van der Waals surface area (Å²) in [4.78, 5) is 15.3. The van der Waals surface area contributed by atoms with Gasteiger partial charge in [0.1, 0.15) is 12.1 Å². The Morgan fingerprint density at radius 1 is 1.33 bits per heavy atom. The van der Waals surface area contributed by atoms with E-state index in [0.717, 1.165) is 50.8 Å². The van der Waals surface area contributed by atoms with Crippen LogP contribution in [-0.4, -0.2) is 46.2 Å². The van der Waals surface area contributed by atoms with Crippen LogP contribution in [0.3, 0.4) is 0 Å². The quantitative estimate of drug-likeness (QED) is 0.849. The fourth-order valence-electron chi connectivity index (χ4n) is 2.62. The molecule has 2 aromatic rings. The maximum absolute atomic E-state index is 5.71. The standard InChI is InChI=1S/C15H20N4O2/c1-12-18-14(11-21-12)9-19-5-6-20-10-13(8-19)7-15-16-3-2-4-17-15/h2-4,11,13H,5-10H2,1H3/t13-/m1/s1. The first-order chi connectivity index (χ1) is 10.3. The molecule has 0 radical (unpaired) electrons. The Morgan fingerprint density at radius 2 is 2.19 bits per heavy atom. The van der Waals surface area contributed by atoms with Crippen molar-refractivity contribution in [1.82, 2.24) is 19.9 Å². The number of hydrogen-bond donors (Lipinski definition) is 0. The lowest BCUT2D eigenvalue weighted by atomic mass is 10.1. The van der Waals surface area contributed by atoms with Crippen molar-refractivity contribution in [2.75, 3.05) is 26.3 Å². The van der Waals surface area contributed by atoms with Crippen LogP contribution in [0.4, 0.5) is 0 Å². The lowest BCUT2D eigenvalue weighted by Gasteiger charge is -2.21. The first-order valence-electron chi connectivity index (χ1n) is 7.26. The lowest BCUT2D eigenvalue weighted by Crippen LogP contribution is -2.30. The number of aromatic nitrogens is 3. The van der Waals surface area contributed by atoms with Crippen molar-refractivity contribution in [2.24, 2.45) is 5.92 Å². The van der Waals surface area contributed by atoms with Gasteiger partial charge in [-0.2, -0.15) is 0 Å². The van der Waals surface area contributed by atoms with Gasteiger partial charge in [0, 0.05) is 51.3 Å². The van der Waals surface area contributed by atoms with Gasteiger partial charge in [-0.3, -0.25) is 4.90 Å². The minimum atomic E-state index is 0.405. The van der Waals surface area contributed by atoms with E-state index in [1.54, 1.807) is 18.7 Å². The van der Waals surface area contributed by atoms with Crippen LogP contribution < -0.4 is 0 Å². The van der Waals surface area contributed by atoms with E-state index in [4.69, 9.17) is 9.15 Å². The zero-order chi connectivity index (χ0) is 14.5. The van der Waals surface area contributed by atoms with Crippen LogP contribution in [0, 0.1) is 12.8 Å². The van der Waals surface area contributed by atoms with Crippen molar-refractivity contribution in [2.45, 2.75) is 19.9 Å². The van der Waals surface area contributed by atoms with E-state index in [9.17, 15) is 0 Å². The first-order valence-corrected chi connectivity index (χ1v) is 7.26. The Bertz CT molecular complexity index is 558. The molecule has 21 heavy (non-hydrogen) atoms. The van der Waals surface area contributed by atoms with E-state index in [2.05, 4.69) is 19.9 Å². The smallest absolute Gasteiger partial charge is 0.191 e. The monoisotopic (exact) mass is 288 g/mol. The van der Waals surface area contributed by atoms with Crippen molar-refractivity contribution in [1.29, 1.82) is 0 Å². The predicted octanol–water partition coefficient (Wildman–Crippen LogP) is 1.46. The molecular formula is C15H20N4O2. The third-order valence-corrected chi connectivity index (χ3v) is 3.56. The topological polar surface area (TPSA) is 64.3 Å². The molecule has 1 saturated heterocycles. The summed E-state index contributed by atoms with van der Waals surface area (Å²) < 4.78 is 11.0. The lowest BCUT2D eigenvalue weighted by molar-refractivity contribution is 0.121. The molecule has 2 aromatic heterocycles. The van der Waals surface area contributed by atoms with Gasteiger partial charge in [0.05, 0.1) is 18.9 Å². The molecule has 0 amide bonds. The Morgan fingerprint density at radius 3 is 2.95 bits per heavy atom. The predicted molar refractivity (Wildman–Crippen MR) is 76.6 cm³/mol. The molecule has 6 heteroatoms. The summed E-state index contributed by atoms with van der Waals surface area (Å²) in [5.41, 5.74) is 0.976. The molecular weight excluding hydrogens is 268 g/mol. The third-order valence-electron chi connectivity index (χ3n) is 3.56. The maximum Gasteiger partial charge on any atom is 0.191 e. The normalized spacial score (nSPS) is 20.3. The Balaban J connectivity index is 1.60. The summed E-state index contributed by atoms with van der Waals surface area (Å²) in [5.74, 6) is 2.00. The number of ether oxygens (including phenoxy) is 1. The zero-order valence-electron chi connectivity index (χ0n) is 12.2. The molecule has 0 N–H and O–H groups in total. The van der Waals surface area contributed by atoms with Gasteiger partial charge in [-0.05, 0) is 6.07 Å². The highest BCUT2D eigenvalue weighted by Gasteiger charge is 2.20. The number of rotatable bonds is 4. The Kier molecular flexibility index (Phi) is 4.57. The minimum Gasteiger partial charge on any atom is -0.449 e. The molecule has 1 atom stereocenters. The fraction of sp³-hybridized carbons (Fsp3) is 0.533. The molecule has 6 nitrogen and oxygen atoms in total. The average molecular weight is 288 g/mol. The molecule has 112 valence electrons. The van der Waals surface area contributed by atoms with Crippen molar-refractivity contribution in [3.63, 3.8) is 0 Å². The number of nitrogens with zero attached hydrogens (tertiary/aromatic N) is 4.